The Labute approximate surface area is 177 Å². The van der Waals surface area contributed by atoms with E-state index in [0.29, 0.717) is 24.6 Å². The van der Waals surface area contributed by atoms with Crippen molar-refractivity contribution in [1.29, 1.82) is 0 Å². The van der Waals surface area contributed by atoms with Gasteiger partial charge in [0.05, 0.1) is 10.5 Å². The predicted molar refractivity (Wildman–Crippen MR) is 110 cm³/mol. The van der Waals surface area contributed by atoms with Crippen LogP contribution in [0.25, 0.3) is 0 Å². The molecule has 2 aromatic carbocycles. The lowest BCUT2D eigenvalue weighted by Crippen LogP contribution is -2.41. The first-order valence-electron chi connectivity index (χ1n) is 9.23. The quantitative estimate of drug-likeness (QED) is 0.672. The summed E-state index contributed by atoms with van der Waals surface area (Å²) >= 11 is 1.55. The number of nitrogens with zero attached hydrogens (tertiary/aromatic N) is 1. The number of halogens is 3. The number of hydrogen-bond acceptors (Lipinski definition) is 4. The monoisotopic (exact) mass is 458 g/mol. The van der Waals surface area contributed by atoms with Crippen molar-refractivity contribution in [2.45, 2.75) is 28.8 Å². The number of nitrogens with one attached hydrogen (secondary N) is 1. The van der Waals surface area contributed by atoms with Gasteiger partial charge in [-0.25, -0.2) is 8.42 Å². The number of carbonyl (C=O) groups excluding carboxylic acids is 1. The van der Waals surface area contributed by atoms with Crippen LogP contribution < -0.4 is 5.32 Å². The number of thioether (sulfide) groups is 1. The van der Waals surface area contributed by atoms with E-state index < -0.39 is 26.7 Å². The molecule has 0 saturated carbocycles. The van der Waals surface area contributed by atoms with Crippen LogP contribution in [0.2, 0.25) is 0 Å². The van der Waals surface area contributed by atoms with Gasteiger partial charge in [-0.05, 0) is 55.5 Å². The lowest BCUT2D eigenvalue weighted by atomic mass is 9.97. The molecule has 1 N–H and O–H groups in total. The van der Waals surface area contributed by atoms with Crippen molar-refractivity contribution in [1.82, 2.24) is 4.31 Å². The van der Waals surface area contributed by atoms with Crippen LogP contribution in [-0.4, -0.2) is 38.0 Å². The van der Waals surface area contributed by atoms with Crippen LogP contribution in [0.1, 0.15) is 18.4 Å². The minimum atomic E-state index is -4.62. The number of anilines is 1. The van der Waals surface area contributed by atoms with Crippen molar-refractivity contribution >= 4 is 33.4 Å². The molecule has 1 aliphatic heterocycles. The fraction of sp³-hybridized carbons (Fsp3) is 0.350. The maximum Gasteiger partial charge on any atom is 0.416 e. The molecule has 30 heavy (non-hydrogen) atoms. The zero-order chi connectivity index (χ0) is 21.9. The van der Waals surface area contributed by atoms with Crippen LogP contribution in [0.3, 0.4) is 0 Å². The van der Waals surface area contributed by atoms with E-state index in [2.05, 4.69) is 5.32 Å². The van der Waals surface area contributed by atoms with Crippen LogP contribution in [0.5, 0.6) is 0 Å². The molecule has 162 valence electrons. The van der Waals surface area contributed by atoms with Gasteiger partial charge in [0, 0.05) is 29.6 Å². The molecule has 2 aromatic rings. The molecule has 0 bridgehead atoms. The summed E-state index contributed by atoms with van der Waals surface area (Å²) in [6.07, 6.45) is -2.09. The van der Waals surface area contributed by atoms with Crippen LogP contribution in [0, 0.1) is 5.92 Å². The Kier molecular flexibility index (Phi) is 6.78. The van der Waals surface area contributed by atoms with Gasteiger partial charge in [0.25, 0.3) is 0 Å². The zero-order valence-electron chi connectivity index (χ0n) is 16.1. The molecule has 0 radical (unpaired) electrons. The largest absolute Gasteiger partial charge is 0.416 e. The smallest absolute Gasteiger partial charge is 0.326 e. The lowest BCUT2D eigenvalue weighted by molar-refractivity contribution is -0.137. The topological polar surface area (TPSA) is 66.5 Å². The molecule has 0 aliphatic carbocycles. The van der Waals surface area contributed by atoms with Crippen LogP contribution in [0.15, 0.2) is 58.3 Å². The first-order chi connectivity index (χ1) is 14.1. The number of piperidine rings is 1. The summed E-state index contributed by atoms with van der Waals surface area (Å²) in [7, 11) is -4.06. The Hall–Kier alpha value is -2.04. The second kappa shape index (κ2) is 8.99. The van der Waals surface area contributed by atoms with Gasteiger partial charge in [-0.15, -0.1) is 11.8 Å². The summed E-state index contributed by atoms with van der Waals surface area (Å²) in [5.74, 6) is -0.555. The third kappa shape index (κ3) is 5.16. The maximum absolute atomic E-state index is 12.9. The Balaban J connectivity index is 1.65. The van der Waals surface area contributed by atoms with Crippen molar-refractivity contribution in [2.75, 3.05) is 24.7 Å². The fourth-order valence-electron chi connectivity index (χ4n) is 3.29. The highest BCUT2D eigenvalue weighted by molar-refractivity contribution is 7.98. The van der Waals surface area contributed by atoms with Gasteiger partial charge >= 0.3 is 6.18 Å². The highest BCUT2D eigenvalue weighted by Crippen LogP contribution is 2.32. The third-order valence-corrected chi connectivity index (χ3v) is 7.58. The molecule has 0 unspecified atom stereocenters. The van der Waals surface area contributed by atoms with Crippen molar-refractivity contribution in [3.8, 4) is 0 Å². The highest BCUT2D eigenvalue weighted by Gasteiger charge is 2.35. The predicted octanol–water partition coefficient (Wildman–Crippen LogP) is 4.47. The summed E-state index contributed by atoms with van der Waals surface area (Å²) < 4.78 is 65.4. The number of sulfonamides is 1. The van der Waals surface area contributed by atoms with Gasteiger partial charge in [0.2, 0.25) is 15.9 Å². The third-order valence-electron chi connectivity index (χ3n) is 4.96. The molecule has 1 saturated heterocycles. The summed E-state index contributed by atoms with van der Waals surface area (Å²) in [5, 5.41) is 2.85. The van der Waals surface area contributed by atoms with Gasteiger partial charge in [-0.1, -0.05) is 12.1 Å². The summed E-state index contributed by atoms with van der Waals surface area (Å²) in [6.45, 7) is 0.142. The summed E-state index contributed by atoms with van der Waals surface area (Å²) in [4.78, 5) is 13.2. The van der Waals surface area contributed by atoms with Crippen LogP contribution in [-0.2, 0) is 21.0 Å². The van der Waals surface area contributed by atoms with Crippen LogP contribution in [0.4, 0.5) is 18.9 Å². The normalized spacial score (nSPS) is 16.4. The first-order valence-corrected chi connectivity index (χ1v) is 11.9. The standard InChI is InChI=1S/C20H21F3N2O3S2/c1-29-17-6-3-5-16(13-17)24-19(26)14-8-10-25(11-9-14)30(27,28)18-7-2-4-15(12-18)20(21,22)23/h2-7,12-14H,8-11H2,1H3,(H,24,26). The summed E-state index contributed by atoms with van der Waals surface area (Å²) in [6, 6.07) is 11.1. The molecule has 1 amide bonds. The average molecular weight is 459 g/mol. The van der Waals surface area contributed by atoms with E-state index in [0.717, 1.165) is 27.4 Å². The zero-order valence-corrected chi connectivity index (χ0v) is 17.8. The van der Waals surface area contributed by atoms with Crippen molar-refractivity contribution in [2.24, 2.45) is 5.92 Å². The van der Waals surface area contributed by atoms with Gasteiger partial charge in [-0.3, -0.25) is 4.79 Å². The molecule has 5 nitrogen and oxygen atoms in total. The second-order valence-corrected chi connectivity index (χ2v) is 9.74. The molecule has 1 heterocycles. The van der Waals surface area contributed by atoms with Crippen LogP contribution >= 0.6 is 11.8 Å². The Morgan fingerprint density at radius 2 is 1.77 bits per heavy atom. The Morgan fingerprint density at radius 3 is 2.40 bits per heavy atom. The number of amides is 1. The van der Waals surface area contributed by atoms with E-state index in [1.807, 2.05) is 24.5 Å². The van der Waals surface area contributed by atoms with Gasteiger partial charge < -0.3 is 5.32 Å². The molecule has 0 atom stereocenters. The first kappa shape index (κ1) is 22.6. The number of benzene rings is 2. The molecule has 1 fully saturated rings. The molecular weight excluding hydrogens is 437 g/mol. The average Bonchev–Trinajstić information content (AvgIpc) is 2.73. The van der Waals surface area contributed by atoms with Crippen molar-refractivity contribution in [3.05, 3.63) is 54.1 Å². The van der Waals surface area contributed by atoms with E-state index in [4.69, 9.17) is 0 Å². The molecule has 3 rings (SSSR count). The molecule has 1 aliphatic rings. The molecular formula is C20H21F3N2O3S2. The fourth-order valence-corrected chi connectivity index (χ4v) is 5.26. The minimum absolute atomic E-state index is 0.0709. The second-order valence-electron chi connectivity index (χ2n) is 6.93. The summed E-state index contributed by atoms with van der Waals surface area (Å²) in [5.41, 5.74) is -0.337. The molecule has 0 aromatic heterocycles. The number of rotatable bonds is 5. The van der Waals surface area contributed by atoms with Crippen molar-refractivity contribution in [3.63, 3.8) is 0 Å². The molecule has 0 spiro atoms. The number of hydrogen-bond donors (Lipinski definition) is 1. The van der Waals surface area contributed by atoms with E-state index in [1.165, 1.54) is 0 Å². The van der Waals surface area contributed by atoms with E-state index in [1.54, 1.807) is 17.8 Å². The number of carbonyl (C=O) groups is 1. The van der Waals surface area contributed by atoms with E-state index in [9.17, 15) is 26.4 Å². The van der Waals surface area contributed by atoms with Gasteiger partial charge in [0.1, 0.15) is 0 Å². The minimum Gasteiger partial charge on any atom is -0.326 e. The highest BCUT2D eigenvalue weighted by atomic mass is 32.2. The van der Waals surface area contributed by atoms with E-state index in [-0.39, 0.29) is 24.9 Å². The van der Waals surface area contributed by atoms with Crippen molar-refractivity contribution < 1.29 is 26.4 Å². The van der Waals surface area contributed by atoms with Gasteiger partial charge in [0.15, 0.2) is 0 Å². The SMILES string of the molecule is CSc1cccc(NC(=O)C2CCN(S(=O)(=O)c3cccc(C(F)(F)F)c3)CC2)c1. The number of alkyl halides is 3. The Morgan fingerprint density at radius 1 is 1.10 bits per heavy atom. The Bertz CT molecular complexity index is 1020. The molecule has 10 heteroatoms. The van der Waals surface area contributed by atoms with Gasteiger partial charge in [-0.2, -0.15) is 17.5 Å². The lowest BCUT2D eigenvalue weighted by Gasteiger charge is -2.30. The maximum atomic E-state index is 12.9. The van der Waals surface area contributed by atoms with E-state index >= 15 is 0 Å².